The molecule has 4 nitrogen and oxygen atoms in total. The summed E-state index contributed by atoms with van der Waals surface area (Å²) in [6.45, 7) is 0. The fourth-order valence-electron chi connectivity index (χ4n) is 1.14. The monoisotopic (exact) mass is 195 g/mol. The largest absolute Gasteiger partial charge is 0.302 e. The lowest BCUT2D eigenvalue weighted by atomic mass is 10.3. The van der Waals surface area contributed by atoms with Crippen molar-refractivity contribution in [3.63, 3.8) is 0 Å². The van der Waals surface area contributed by atoms with E-state index in [1.165, 1.54) is 18.2 Å². The molecule has 1 atom stereocenters. The second-order valence-electron chi connectivity index (χ2n) is 2.56. The maximum atomic E-state index is 10.8. The lowest BCUT2D eigenvalue weighted by Gasteiger charge is -1.91. The molecule has 0 spiro atoms. The van der Waals surface area contributed by atoms with Crippen molar-refractivity contribution in [2.24, 2.45) is 4.99 Å². The topological polar surface area (TPSA) is 66.7 Å². The van der Waals surface area contributed by atoms with E-state index in [-0.39, 0.29) is 10.8 Å². The van der Waals surface area contributed by atoms with E-state index in [2.05, 4.69) is 4.99 Å². The van der Waals surface area contributed by atoms with Gasteiger partial charge in [-0.05, 0) is 18.2 Å². The third kappa shape index (κ3) is 1.43. The zero-order valence-electron chi connectivity index (χ0n) is 6.43. The van der Waals surface area contributed by atoms with Crippen molar-refractivity contribution in [3.8, 4) is 0 Å². The normalized spacial score (nSPS) is 15.9. The summed E-state index contributed by atoms with van der Waals surface area (Å²) in [5.41, 5.74) is 0. The molecule has 1 N–H and O–H groups in total. The third-order valence-electron chi connectivity index (χ3n) is 1.71. The molecule has 0 aromatic heterocycles. The Morgan fingerprint density at radius 3 is 2.85 bits per heavy atom. The fraction of sp³-hybridized carbons (Fsp3) is 0. The van der Waals surface area contributed by atoms with E-state index in [1.54, 1.807) is 6.07 Å². The molecule has 2 rings (SSSR count). The van der Waals surface area contributed by atoms with Gasteiger partial charge in [0.15, 0.2) is 11.1 Å². The molecule has 0 aliphatic carbocycles. The average molecular weight is 195 g/mol. The van der Waals surface area contributed by atoms with Crippen LogP contribution in [0, 0.1) is 0 Å². The lowest BCUT2D eigenvalue weighted by Crippen LogP contribution is -2.21. The fourth-order valence-corrected chi connectivity index (χ4v) is 1.55. The van der Waals surface area contributed by atoms with E-state index >= 15 is 0 Å². The van der Waals surface area contributed by atoms with Crippen LogP contribution in [-0.4, -0.2) is 14.7 Å². The van der Waals surface area contributed by atoms with Gasteiger partial charge in [0, 0.05) is 11.3 Å². The van der Waals surface area contributed by atoms with Crippen molar-refractivity contribution in [1.29, 1.82) is 0 Å². The molecule has 1 heterocycles. The van der Waals surface area contributed by atoms with Crippen molar-refractivity contribution in [2.45, 2.75) is 4.90 Å². The molecule has 66 valence electrons. The van der Waals surface area contributed by atoms with E-state index in [0.29, 0.717) is 10.6 Å². The molecule has 13 heavy (non-hydrogen) atoms. The summed E-state index contributed by atoms with van der Waals surface area (Å²) >= 11 is -2.01. The SMILES string of the molecule is O=C1C=c2cc(S(=O)O)ccc2=N1. The number of hydrogen-bond donors (Lipinski definition) is 1. The first-order chi connectivity index (χ1) is 6.16. The molecule has 0 bridgehead atoms. The summed E-state index contributed by atoms with van der Waals surface area (Å²) in [5, 5.41) is 1.16. The summed E-state index contributed by atoms with van der Waals surface area (Å²) < 4.78 is 19.4. The highest BCUT2D eigenvalue weighted by atomic mass is 32.2. The molecule has 1 aliphatic rings. The van der Waals surface area contributed by atoms with Gasteiger partial charge in [0.25, 0.3) is 5.91 Å². The van der Waals surface area contributed by atoms with Gasteiger partial charge in [-0.3, -0.25) is 4.79 Å². The van der Waals surface area contributed by atoms with Gasteiger partial charge in [-0.25, -0.2) is 9.20 Å². The predicted octanol–water partition coefficient (Wildman–Crippen LogP) is -0.793. The summed E-state index contributed by atoms with van der Waals surface area (Å²) in [6, 6.07) is 4.52. The van der Waals surface area contributed by atoms with Crippen molar-refractivity contribution in [3.05, 3.63) is 28.8 Å². The summed E-state index contributed by atoms with van der Waals surface area (Å²) in [7, 11) is 0. The minimum Gasteiger partial charge on any atom is -0.302 e. The molecule has 0 saturated heterocycles. The summed E-state index contributed by atoms with van der Waals surface area (Å²) in [4.78, 5) is 14.8. The summed E-state index contributed by atoms with van der Waals surface area (Å²) in [5.74, 6) is -0.323. The highest BCUT2D eigenvalue weighted by molar-refractivity contribution is 7.79. The first-order valence-corrected chi connectivity index (χ1v) is 4.63. The van der Waals surface area contributed by atoms with Crippen LogP contribution in [0.3, 0.4) is 0 Å². The zero-order valence-corrected chi connectivity index (χ0v) is 7.25. The number of fused-ring (bicyclic) bond motifs is 1. The van der Waals surface area contributed by atoms with E-state index in [9.17, 15) is 9.00 Å². The number of nitrogens with zero attached hydrogens (tertiary/aromatic N) is 1. The Labute approximate surface area is 75.9 Å². The Kier molecular flexibility index (Phi) is 1.82. The van der Waals surface area contributed by atoms with Crippen LogP contribution in [0.25, 0.3) is 6.08 Å². The molecule has 0 fully saturated rings. The van der Waals surface area contributed by atoms with Crippen LogP contribution in [0.2, 0.25) is 0 Å². The minimum absolute atomic E-state index is 0.278. The molecule has 1 aliphatic heterocycles. The van der Waals surface area contributed by atoms with E-state index in [0.717, 1.165) is 0 Å². The standard InChI is InChI=1S/C8H5NO3S/c10-8-4-5-3-6(13(11)12)1-2-7(5)9-8/h1-4H,(H,11,12). The molecular weight excluding hydrogens is 190 g/mol. The minimum atomic E-state index is -2.01. The Bertz CT molecular complexity index is 521. The second kappa shape index (κ2) is 2.86. The first kappa shape index (κ1) is 8.28. The Morgan fingerprint density at radius 1 is 1.38 bits per heavy atom. The highest BCUT2D eigenvalue weighted by Gasteiger charge is 2.05. The highest BCUT2D eigenvalue weighted by Crippen LogP contribution is 1.98. The molecule has 1 amide bonds. The molecule has 0 radical (unpaired) electrons. The van der Waals surface area contributed by atoms with Gasteiger partial charge >= 0.3 is 0 Å². The van der Waals surface area contributed by atoms with Crippen molar-refractivity contribution in [1.82, 2.24) is 0 Å². The van der Waals surface area contributed by atoms with Crippen LogP contribution in [-0.2, 0) is 15.9 Å². The van der Waals surface area contributed by atoms with Crippen LogP contribution < -0.4 is 10.6 Å². The van der Waals surface area contributed by atoms with E-state index in [4.69, 9.17) is 4.55 Å². The van der Waals surface area contributed by atoms with E-state index < -0.39 is 11.1 Å². The molecule has 1 aromatic carbocycles. The second-order valence-corrected chi connectivity index (χ2v) is 3.53. The van der Waals surface area contributed by atoms with Gasteiger partial charge < -0.3 is 4.55 Å². The number of rotatable bonds is 1. The van der Waals surface area contributed by atoms with Gasteiger partial charge in [-0.1, -0.05) is 0 Å². The van der Waals surface area contributed by atoms with Crippen molar-refractivity contribution in [2.75, 3.05) is 0 Å². The number of amides is 1. The Balaban J connectivity index is 2.73. The zero-order chi connectivity index (χ0) is 9.42. The maximum absolute atomic E-state index is 10.8. The smallest absolute Gasteiger partial charge is 0.270 e. The number of hydrogen-bond acceptors (Lipinski definition) is 2. The van der Waals surface area contributed by atoms with Gasteiger partial charge in [0.05, 0.1) is 10.3 Å². The third-order valence-corrected chi connectivity index (χ3v) is 2.37. The maximum Gasteiger partial charge on any atom is 0.270 e. The lowest BCUT2D eigenvalue weighted by molar-refractivity contribution is -0.112. The van der Waals surface area contributed by atoms with Crippen LogP contribution in [0.15, 0.2) is 28.1 Å². The van der Waals surface area contributed by atoms with Crippen LogP contribution in [0.1, 0.15) is 0 Å². The Hall–Kier alpha value is -1.33. The number of carbonyl (C=O) groups is 1. The predicted molar refractivity (Wildman–Crippen MR) is 45.7 cm³/mol. The van der Waals surface area contributed by atoms with Gasteiger partial charge in [-0.15, -0.1) is 0 Å². The van der Waals surface area contributed by atoms with Crippen molar-refractivity contribution < 1.29 is 13.6 Å². The first-order valence-electron chi connectivity index (χ1n) is 3.52. The number of benzene rings is 1. The molecule has 1 unspecified atom stereocenters. The quantitative estimate of drug-likeness (QED) is 0.597. The Morgan fingerprint density at radius 2 is 2.15 bits per heavy atom. The molecule has 1 aromatic rings. The summed E-state index contributed by atoms with van der Waals surface area (Å²) in [6.07, 6.45) is 1.34. The molecule has 0 saturated carbocycles. The van der Waals surface area contributed by atoms with Crippen LogP contribution in [0.5, 0.6) is 0 Å². The van der Waals surface area contributed by atoms with Gasteiger partial charge in [0.1, 0.15) is 0 Å². The van der Waals surface area contributed by atoms with Crippen LogP contribution >= 0.6 is 0 Å². The van der Waals surface area contributed by atoms with Crippen LogP contribution in [0.4, 0.5) is 0 Å². The molecule has 5 heteroatoms. The molecular formula is C8H5NO3S. The average Bonchev–Trinajstić information content (AvgIpc) is 2.42. The van der Waals surface area contributed by atoms with Gasteiger partial charge in [0.2, 0.25) is 0 Å². The van der Waals surface area contributed by atoms with Crippen molar-refractivity contribution >= 4 is 23.1 Å². The van der Waals surface area contributed by atoms with Gasteiger partial charge in [-0.2, -0.15) is 0 Å². The van der Waals surface area contributed by atoms with E-state index in [1.807, 2.05) is 0 Å². The number of carbonyl (C=O) groups excluding carboxylic acids is 1.